The van der Waals surface area contributed by atoms with Crippen LogP contribution in [0.4, 0.5) is 0 Å². The van der Waals surface area contributed by atoms with E-state index in [1.54, 1.807) is 0 Å². The fourth-order valence-electron chi connectivity index (χ4n) is 2.67. The first kappa shape index (κ1) is 20.7. The van der Waals surface area contributed by atoms with Crippen molar-refractivity contribution in [3.63, 3.8) is 0 Å². The topological polar surface area (TPSA) is 131 Å². The highest BCUT2D eigenvalue weighted by atomic mass is 32.2. The monoisotopic (exact) mass is 389 g/mol. The third kappa shape index (κ3) is 5.73. The summed E-state index contributed by atoms with van der Waals surface area (Å²) in [5, 5.41) is 22.5. The second-order valence-electron chi connectivity index (χ2n) is 6.00. The molecular weight excluding hydrogens is 366 g/mol. The normalized spacial score (nSPS) is 29.3. The number of hydrogen-bond donors (Lipinski definition) is 3. The molecule has 0 radical (unpaired) electrons. The van der Waals surface area contributed by atoms with E-state index in [1.807, 2.05) is 30.3 Å². The van der Waals surface area contributed by atoms with E-state index in [9.17, 15) is 23.4 Å². The lowest BCUT2D eigenvalue weighted by molar-refractivity contribution is -0.268. The minimum Gasteiger partial charge on any atom is -0.394 e. The van der Waals surface area contributed by atoms with E-state index in [2.05, 4.69) is 5.32 Å². The smallest absolute Gasteiger partial charge is 0.264 e. The first-order valence-corrected chi connectivity index (χ1v) is 9.78. The van der Waals surface area contributed by atoms with Crippen molar-refractivity contribution in [2.24, 2.45) is 0 Å². The molecule has 26 heavy (non-hydrogen) atoms. The number of aliphatic hydroxyl groups excluding tert-OH is 2. The molecule has 10 heteroatoms. The lowest BCUT2D eigenvalue weighted by Gasteiger charge is -2.43. The maximum Gasteiger partial charge on any atom is 0.264 e. The molecule has 2 rings (SSSR count). The van der Waals surface area contributed by atoms with Gasteiger partial charge in [-0.1, -0.05) is 30.3 Å². The maximum absolute atomic E-state index is 11.5. The Morgan fingerprint density at radius 2 is 1.96 bits per heavy atom. The number of benzene rings is 1. The fourth-order valence-corrected chi connectivity index (χ4v) is 3.31. The molecular formula is C16H23NO8S. The number of aliphatic hydroxyl groups is 2. The first-order valence-electron chi connectivity index (χ1n) is 7.96. The molecule has 0 unspecified atom stereocenters. The fraction of sp³-hybridized carbons (Fsp3) is 0.562. The molecule has 0 aliphatic carbocycles. The van der Waals surface area contributed by atoms with E-state index in [0.717, 1.165) is 11.8 Å². The quantitative estimate of drug-likeness (QED) is 0.513. The Kier molecular flexibility index (Phi) is 7.09. The number of amides is 1. The zero-order valence-corrected chi connectivity index (χ0v) is 15.3. The van der Waals surface area contributed by atoms with E-state index < -0.39 is 53.3 Å². The Bertz CT molecular complexity index is 695. The molecule has 1 saturated heterocycles. The van der Waals surface area contributed by atoms with Crippen LogP contribution in [0, 0.1) is 0 Å². The van der Waals surface area contributed by atoms with E-state index in [-0.39, 0.29) is 6.61 Å². The van der Waals surface area contributed by atoms with Crippen LogP contribution in [0.25, 0.3) is 0 Å². The van der Waals surface area contributed by atoms with Gasteiger partial charge in [0, 0.05) is 6.92 Å². The molecule has 1 aromatic carbocycles. The van der Waals surface area contributed by atoms with Gasteiger partial charge in [-0.25, -0.2) is 0 Å². The van der Waals surface area contributed by atoms with Gasteiger partial charge in [-0.3, -0.25) is 8.98 Å². The average molecular weight is 389 g/mol. The third-order valence-corrected chi connectivity index (χ3v) is 4.34. The predicted molar refractivity (Wildman–Crippen MR) is 90.3 cm³/mol. The van der Waals surface area contributed by atoms with Gasteiger partial charge in [0.05, 0.1) is 19.5 Å². The molecule has 0 spiro atoms. The van der Waals surface area contributed by atoms with Crippen LogP contribution in [0.2, 0.25) is 0 Å². The van der Waals surface area contributed by atoms with Crippen molar-refractivity contribution < 1.29 is 37.1 Å². The van der Waals surface area contributed by atoms with Gasteiger partial charge < -0.3 is 25.0 Å². The van der Waals surface area contributed by atoms with Crippen LogP contribution in [-0.4, -0.2) is 68.0 Å². The van der Waals surface area contributed by atoms with Crippen LogP contribution in [0.15, 0.2) is 30.3 Å². The van der Waals surface area contributed by atoms with Crippen LogP contribution in [-0.2, 0) is 35.2 Å². The van der Waals surface area contributed by atoms with E-state index >= 15 is 0 Å². The highest BCUT2D eigenvalue weighted by molar-refractivity contribution is 7.86. The lowest BCUT2D eigenvalue weighted by Crippen LogP contribution is -2.65. The minimum absolute atomic E-state index is 0.129. The summed E-state index contributed by atoms with van der Waals surface area (Å²) in [6, 6.07) is 8.07. The zero-order valence-electron chi connectivity index (χ0n) is 14.4. The third-order valence-electron chi connectivity index (χ3n) is 3.77. The number of hydrogen-bond acceptors (Lipinski definition) is 8. The molecule has 0 aromatic heterocycles. The maximum atomic E-state index is 11.5. The summed E-state index contributed by atoms with van der Waals surface area (Å²) >= 11 is 0. The zero-order chi connectivity index (χ0) is 19.3. The minimum atomic E-state index is -3.93. The Morgan fingerprint density at radius 3 is 2.50 bits per heavy atom. The Hall–Kier alpha value is -1.56. The summed E-state index contributed by atoms with van der Waals surface area (Å²) in [7, 11) is -3.93. The van der Waals surface area contributed by atoms with Gasteiger partial charge in [-0.2, -0.15) is 8.42 Å². The van der Waals surface area contributed by atoms with Crippen LogP contribution >= 0.6 is 0 Å². The molecule has 3 N–H and O–H groups in total. The van der Waals surface area contributed by atoms with Crippen LogP contribution in [0.1, 0.15) is 12.5 Å². The van der Waals surface area contributed by atoms with Crippen molar-refractivity contribution in [2.45, 2.75) is 44.2 Å². The van der Waals surface area contributed by atoms with E-state index in [1.165, 1.54) is 6.92 Å². The van der Waals surface area contributed by atoms with Crippen molar-refractivity contribution in [3.8, 4) is 0 Å². The summed E-state index contributed by atoms with van der Waals surface area (Å²) in [6.45, 7) is 0.769. The summed E-state index contributed by atoms with van der Waals surface area (Å²) in [5.41, 5.74) is 0.835. The molecule has 1 fully saturated rings. The molecule has 5 atom stereocenters. The van der Waals surface area contributed by atoms with Gasteiger partial charge in [0.1, 0.15) is 24.4 Å². The highest BCUT2D eigenvalue weighted by Crippen LogP contribution is 2.26. The van der Waals surface area contributed by atoms with Gasteiger partial charge in [0.2, 0.25) is 5.91 Å². The number of carbonyl (C=O) groups is 1. The molecule has 1 aromatic rings. The summed E-state index contributed by atoms with van der Waals surface area (Å²) < 4.78 is 38.9. The van der Waals surface area contributed by atoms with Crippen molar-refractivity contribution in [1.82, 2.24) is 5.32 Å². The van der Waals surface area contributed by atoms with Crippen molar-refractivity contribution in [2.75, 3.05) is 12.9 Å². The van der Waals surface area contributed by atoms with E-state index in [4.69, 9.17) is 13.7 Å². The Labute approximate surface area is 152 Å². The molecule has 1 aliphatic heterocycles. The SMILES string of the molecule is CC(=O)N[C@@H]1[C@@H](OCc2ccccc2)O[C@@H](CO)[C@@H](OS(C)(=O)=O)[C@@H]1O. The molecule has 0 bridgehead atoms. The lowest BCUT2D eigenvalue weighted by atomic mass is 9.97. The van der Waals surface area contributed by atoms with Crippen molar-refractivity contribution in [1.29, 1.82) is 0 Å². The van der Waals surface area contributed by atoms with Gasteiger partial charge in [-0.05, 0) is 5.56 Å². The molecule has 1 heterocycles. The standard InChI is InChI=1S/C16H23NO8S/c1-10(19)17-13-14(20)15(25-26(2,21)22)12(8-18)24-16(13)23-9-11-6-4-3-5-7-11/h3-7,12-16,18,20H,8-9H2,1-2H3,(H,17,19)/t12-,13-,14+,15+,16-/m0/s1. The van der Waals surface area contributed by atoms with Gasteiger partial charge >= 0.3 is 0 Å². The Morgan fingerprint density at radius 1 is 1.31 bits per heavy atom. The molecule has 1 amide bonds. The summed E-state index contributed by atoms with van der Waals surface area (Å²) in [6.07, 6.45) is -4.29. The molecule has 146 valence electrons. The largest absolute Gasteiger partial charge is 0.394 e. The van der Waals surface area contributed by atoms with Crippen LogP contribution in [0.3, 0.4) is 0 Å². The predicted octanol–water partition coefficient (Wildman–Crippen LogP) is -0.869. The summed E-state index contributed by atoms with van der Waals surface area (Å²) in [5.74, 6) is -0.466. The average Bonchev–Trinajstić information content (AvgIpc) is 2.57. The summed E-state index contributed by atoms with van der Waals surface area (Å²) in [4.78, 5) is 11.5. The molecule has 9 nitrogen and oxygen atoms in total. The highest BCUT2D eigenvalue weighted by Gasteiger charge is 2.48. The number of nitrogens with one attached hydrogen (secondary N) is 1. The van der Waals surface area contributed by atoms with Gasteiger partial charge in [0.15, 0.2) is 6.29 Å². The number of ether oxygens (including phenoxy) is 2. The van der Waals surface area contributed by atoms with Crippen LogP contribution < -0.4 is 5.32 Å². The second-order valence-corrected chi connectivity index (χ2v) is 7.60. The van der Waals surface area contributed by atoms with Gasteiger partial charge in [-0.15, -0.1) is 0 Å². The second kappa shape index (κ2) is 8.89. The Balaban J connectivity index is 2.18. The van der Waals surface area contributed by atoms with Crippen molar-refractivity contribution >= 4 is 16.0 Å². The van der Waals surface area contributed by atoms with Crippen LogP contribution in [0.5, 0.6) is 0 Å². The number of carbonyl (C=O) groups excluding carboxylic acids is 1. The first-order chi connectivity index (χ1) is 12.2. The van der Waals surface area contributed by atoms with Crippen molar-refractivity contribution in [3.05, 3.63) is 35.9 Å². The number of rotatable bonds is 7. The van der Waals surface area contributed by atoms with Gasteiger partial charge in [0.25, 0.3) is 10.1 Å². The van der Waals surface area contributed by atoms with E-state index in [0.29, 0.717) is 0 Å². The molecule has 0 saturated carbocycles. The molecule has 1 aliphatic rings.